The summed E-state index contributed by atoms with van der Waals surface area (Å²) in [7, 11) is 0. The summed E-state index contributed by atoms with van der Waals surface area (Å²) in [5.74, 6) is 0. The van der Waals surface area contributed by atoms with Gasteiger partial charge >= 0.3 is 0 Å². The summed E-state index contributed by atoms with van der Waals surface area (Å²) >= 11 is 3.42. The first-order valence-electron chi connectivity index (χ1n) is 6.24. The van der Waals surface area contributed by atoms with E-state index in [2.05, 4.69) is 64.5 Å². The number of rotatable bonds is 5. The van der Waals surface area contributed by atoms with Crippen LogP contribution < -0.4 is 5.32 Å². The molecule has 0 amide bonds. The van der Waals surface area contributed by atoms with Gasteiger partial charge in [0.05, 0.1) is 16.4 Å². The zero-order chi connectivity index (χ0) is 13.0. The van der Waals surface area contributed by atoms with E-state index >= 15 is 0 Å². The molecule has 0 aliphatic heterocycles. The highest BCUT2D eigenvalue weighted by molar-refractivity contribution is 9.10. The third-order valence-electron chi connectivity index (χ3n) is 2.89. The van der Waals surface area contributed by atoms with Gasteiger partial charge in [0.2, 0.25) is 0 Å². The van der Waals surface area contributed by atoms with Crippen LogP contribution in [0.4, 0.5) is 0 Å². The molecule has 18 heavy (non-hydrogen) atoms. The second-order valence-electron chi connectivity index (χ2n) is 4.37. The number of halogens is 1. The van der Waals surface area contributed by atoms with Gasteiger partial charge in [-0.25, -0.2) is 4.68 Å². The Labute approximate surface area is 116 Å². The smallest absolute Gasteiger partial charge is 0.0649 e. The predicted molar refractivity (Wildman–Crippen MR) is 78.0 cm³/mol. The first kappa shape index (κ1) is 13.3. The Morgan fingerprint density at radius 2 is 2.28 bits per heavy atom. The standard InChI is InChI=1S/C14H18BrN3/c1-3-7-16-11(2)12-5-4-6-14(8-12)18-10-13(15)9-17-18/h4-6,8-11,16H,3,7H2,1-2H3. The van der Waals surface area contributed by atoms with Crippen molar-refractivity contribution in [2.24, 2.45) is 0 Å². The van der Waals surface area contributed by atoms with Crippen LogP contribution in [0.1, 0.15) is 31.9 Å². The molecule has 3 nitrogen and oxygen atoms in total. The number of benzene rings is 1. The Hall–Kier alpha value is -1.13. The molecule has 1 N–H and O–H groups in total. The van der Waals surface area contributed by atoms with Crippen LogP contribution >= 0.6 is 15.9 Å². The second kappa shape index (κ2) is 6.16. The SMILES string of the molecule is CCCNC(C)c1cccc(-n2cc(Br)cn2)c1. The van der Waals surface area contributed by atoms with Gasteiger partial charge in [0.25, 0.3) is 0 Å². The fraction of sp³-hybridized carbons (Fsp3) is 0.357. The van der Waals surface area contributed by atoms with Gasteiger partial charge in [0.15, 0.2) is 0 Å². The van der Waals surface area contributed by atoms with Crippen molar-refractivity contribution in [3.8, 4) is 5.69 Å². The molecule has 2 rings (SSSR count). The van der Waals surface area contributed by atoms with Gasteiger partial charge < -0.3 is 5.32 Å². The number of hydrogen-bond donors (Lipinski definition) is 1. The Morgan fingerprint density at radius 1 is 1.44 bits per heavy atom. The number of nitrogens with zero attached hydrogens (tertiary/aromatic N) is 2. The van der Waals surface area contributed by atoms with Crippen molar-refractivity contribution in [1.82, 2.24) is 15.1 Å². The molecular formula is C14H18BrN3. The van der Waals surface area contributed by atoms with Crippen molar-refractivity contribution in [2.45, 2.75) is 26.3 Å². The lowest BCUT2D eigenvalue weighted by atomic mass is 10.1. The van der Waals surface area contributed by atoms with Gasteiger partial charge in [-0.05, 0) is 53.5 Å². The molecule has 1 aromatic heterocycles. The van der Waals surface area contributed by atoms with E-state index in [9.17, 15) is 0 Å². The third-order valence-corrected chi connectivity index (χ3v) is 3.30. The first-order chi connectivity index (χ1) is 8.70. The van der Waals surface area contributed by atoms with E-state index in [0.717, 1.165) is 23.1 Å². The molecule has 0 bridgehead atoms. The maximum absolute atomic E-state index is 4.30. The van der Waals surface area contributed by atoms with Crippen LogP contribution in [0.25, 0.3) is 5.69 Å². The zero-order valence-electron chi connectivity index (χ0n) is 10.7. The van der Waals surface area contributed by atoms with Crippen LogP contribution in [0.3, 0.4) is 0 Å². The van der Waals surface area contributed by atoms with Gasteiger partial charge in [0, 0.05) is 12.2 Å². The Morgan fingerprint density at radius 3 is 2.94 bits per heavy atom. The third kappa shape index (κ3) is 3.21. The van der Waals surface area contributed by atoms with E-state index in [1.807, 2.05) is 10.9 Å². The van der Waals surface area contributed by atoms with Crippen molar-refractivity contribution in [3.63, 3.8) is 0 Å². The summed E-state index contributed by atoms with van der Waals surface area (Å²) in [6.45, 7) is 5.41. The Kier molecular flexibility index (Phi) is 4.55. The summed E-state index contributed by atoms with van der Waals surface area (Å²) in [4.78, 5) is 0. The number of nitrogens with one attached hydrogen (secondary N) is 1. The van der Waals surface area contributed by atoms with E-state index in [-0.39, 0.29) is 0 Å². The van der Waals surface area contributed by atoms with Gasteiger partial charge in [-0.3, -0.25) is 0 Å². The van der Waals surface area contributed by atoms with Crippen molar-refractivity contribution in [3.05, 3.63) is 46.7 Å². The lowest BCUT2D eigenvalue weighted by Crippen LogP contribution is -2.19. The fourth-order valence-corrected chi connectivity index (χ4v) is 2.14. The van der Waals surface area contributed by atoms with Crippen LogP contribution in [-0.4, -0.2) is 16.3 Å². The van der Waals surface area contributed by atoms with Gasteiger partial charge in [0.1, 0.15) is 0 Å². The van der Waals surface area contributed by atoms with Crippen molar-refractivity contribution >= 4 is 15.9 Å². The lowest BCUT2D eigenvalue weighted by molar-refractivity contribution is 0.570. The molecule has 0 saturated heterocycles. The van der Waals surface area contributed by atoms with Gasteiger partial charge in [-0.1, -0.05) is 19.1 Å². The molecular weight excluding hydrogens is 290 g/mol. The highest BCUT2D eigenvalue weighted by Gasteiger charge is 2.06. The maximum Gasteiger partial charge on any atom is 0.0649 e. The van der Waals surface area contributed by atoms with Gasteiger partial charge in [-0.2, -0.15) is 5.10 Å². The molecule has 2 aromatic rings. The average molecular weight is 308 g/mol. The minimum absolute atomic E-state index is 0.365. The van der Waals surface area contributed by atoms with E-state index in [1.165, 1.54) is 5.56 Å². The molecule has 4 heteroatoms. The largest absolute Gasteiger partial charge is 0.310 e. The van der Waals surface area contributed by atoms with E-state index < -0.39 is 0 Å². The maximum atomic E-state index is 4.30. The molecule has 0 aliphatic rings. The van der Waals surface area contributed by atoms with Crippen LogP contribution in [0.2, 0.25) is 0 Å². The molecule has 0 fully saturated rings. The molecule has 0 aliphatic carbocycles. The molecule has 0 spiro atoms. The zero-order valence-corrected chi connectivity index (χ0v) is 12.3. The van der Waals surface area contributed by atoms with Crippen LogP contribution in [0.5, 0.6) is 0 Å². The fourth-order valence-electron chi connectivity index (χ4n) is 1.86. The van der Waals surface area contributed by atoms with Crippen LogP contribution in [-0.2, 0) is 0 Å². The summed E-state index contributed by atoms with van der Waals surface area (Å²) in [5.41, 5.74) is 2.37. The van der Waals surface area contributed by atoms with Crippen molar-refractivity contribution in [2.75, 3.05) is 6.54 Å². The summed E-state index contributed by atoms with van der Waals surface area (Å²) in [5, 5.41) is 7.79. The average Bonchev–Trinajstić information content (AvgIpc) is 2.83. The second-order valence-corrected chi connectivity index (χ2v) is 5.29. The first-order valence-corrected chi connectivity index (χ1v) is 7.04. The molecule has 1 atom stereocenters. The molecule has 1 heterocycles. The minimum atomic E-state index is 0.365. The van der Waals surface area contributed by atoms with E-state index in [4.69, 9.17) is 0 Å². The van der Waals surface area contributed by atoms with Crippen molar-refractivity contribution < 1.29 is 0 Å². The normalized spacial score (nSPS) is 12.6. The monoisotopic (exact) mass is 307 g/mol. The highest BCUT2D eigenvalue weighted by atomic mass is 79.9. The minimum Gasteiger partial charge on any atom is -0.310 e. The van der Waals surface area contributed by atoms with Crippen LogP contribution in [0, 0.1) is 0 Å². The molecule has 96 valence electrons. The topological polar surface area (TPSA) is 29.9 Å². The summed E-state index contributed by atoms with van der Waals surface area (Å²) in [6, 6.07) is 8.83. The number of aromatic nitrogens is 2. The lowest BCUT2D eigenvalue weighted by Gasteiger charge is -2.14. The quantitative estimate of drug-likeness (QED) is 0.913. The molecule has 1 aromatic carbocycles. The van der Waals surface area contributed by atoms with Crippen LogP contribution in [0.15, 0.2) is 41.1 Å². The Balaban J connectivity index is 2.19. The van der Waals surface area contributed by atoms with Gasteiger partial charge in [-0.15, -0.1) is 0 Å². The summed E-state index contributed by atoms with van der Waals surface area (Å²) in [6.07, 6.45) is 4.91. The summed E-state index contributed by atoms with van der Waals surface area (Å²) < 4.78 is 2.87. The molecule has 0 radical (unpaired) electrons. The Bertz CT molecular complexity index is 507. The number of hydrogen-bond acceptors (Lipinski definition) is 2. The van der Waals surface area contributed by atoms with E-state index in [1.54, 1.807) is 6.20 Å². The van der Waals surface area contributed by atoms with E-state index in [0.29, 0.717) is 6.04 Å². The predicted octanol–water partition coefficient (Wildman–Crippen LogP) is 3.70. The molecule has 0 saturated carbocycles. The van der Waals surface area contributed by atoms with Crippen molar-refractivity contribution in [1.29, 1.82) is 0 Å². The molecule has 1 unspecified atom stereocenters. The highest BCUT2D eigenvalue weighted by Crippen LogP contribution is 2.18.